The molecule has 1 saturated heterocycles. The Morgan fingerprint density at radius 1 is 1.28 bits per heavy atom. The number of sulfone groups is 1. The lowest BCUT2D eigenvalue weighted by atomic mass is 9.94. The molecule has 3 rings (SSSR count). The first kappa shape index (κ1) is 18.1. The van der Waals surface area contributed by atoms with Crippen LogP contribution in [0.5, 0.6) is 0 Å². The van der Waals surface area contributed by atoms with Crippen molar-refractivity contribution in [3.63, 3.8) is 0 Å². The molecule has 0 radical (unpaired) electrons. The van der Waals surface area contributed by atoms with E-state index >= 15 is 0 Å². The molecule has 0 N–H and O–H groups in total. The minimum absolute atomic E-state index is 0.0319. The van der Waals surface area contributed by atoms with Gasteiger partial charge < -0.3 is 9.80 Å². The van der Waals surface area contributed by atoms with Crippen molar-refractivity contribution in [2.24, 2.45) is 5.92 Å². The molecule has 1 aromatic heterocycles. The van der Waals surface area contributed by atoms with Crippen LogP contribution in [0.3, 0.4) is 0 Å². The molecule has 8 heteroatoms. The first-order valence-electron chi connectivity index (χ1n) is 8.86. The Bertz CT molecular complexity index is 698. The molecular weight excluding hydrogens is 340 g/mol. The summed E-state index contributed by atoms with van der Waals surface area (Å²) >= 11 is 0. The third kappa shape index (κ3) is 4.68. The largest absolute Gasteiger partial charge is 0.355 e. The number of amides is 1. The van der Waals surface area contributed by atoms with Gasteiger partial charge in [0, 0.05) is 49.7 Å². The fraction of sp³-hybridized carbons (Fsp3) is 0.706. The summed E-state index contributed by atoms with van der Waals surface area (Å²) in [6, 6.07) is -0.0321. The monoisotopic (exact) mass is 366 g/mol. The zero-order valence-corrected chi connectivity index (χ0v) is 15.7. The number of rotatable bonds is 6. The molecule has 7 nitrogen and oxygen atoms in total. The van der Waals surface area contributed by atoms with Crippen molar-refractivity contribution in [1.82, 2.24) is 14.9 Å². The summed E-state index contributed by atoms with van der Waals surface area (Å²) < 4.78 is 23.3. The summed E-state index contributed by atoms with van der Waals surface area (Å²) in [5.74, 6) is 0.971. The Balaban J connectivity index is 1.62. The third-order valence-electron chi connectivity index (χ3n) is 4.93. The summed E-state index contributed by atoms with van der Waals surface area (Å²) in [5, 5.41) is 0. The van der Waals surface area contributed by atoms with Crippen molar-refractivity contribution in [1.29, 1.82) is 0 Å². The first-order chi connectivity index (χ1) is 11.8. The highest BCUT2D eigenvalue weighted by Crippen LogP contribution is 2.32. The Morgan fingerprint density at radius 3 is 2.48 bits per heavy atom. The highest BCUT2D eigenvalue weighted by atomic mass is 32.2. The number of aromatic nitrogens is 2. The van der Waals surface area contributed by atoms with Crippen LogP contribution in [0.25, 0.3) is 0 Å². The van der Waals surface area contributed by atoms with Crippen molar-refractivity contribution in [2.45, 2.75) is 44.7 Å². The molecule has 1 atom stereocenters. The van der Waals surface area contributed by atoms with E-state index in [9.17, 15) is 13.2 Å². The molecule has 2 aliphatic rings. The van der Waals surface area contributed by atoms with Crippen LogP contribution in [-0.4, -0.2) is 66.4 Å². The van der Waals surface area contributed by atoms with Crippen LogP contribution in [0, 0.1) is 5.92 Å². The lowest BCUT2D eigenvalue weighted by Crippen LogP contribution is -2.49. The van der Waals surface area contributed by atoms with Gasteiger partial charge in [0.25, 0.3) is 0 Å². The molecule has 0 bridgehead atoms. The van der Waals surface area contributed by atoms with E-state index in [4.69, 9.17) is 0 Å². The van der Waals surface area contributed by atoms with Crippen LogP contribution in [0.4, 0.5) is 5.82 Å². The zero-order chi connectivity index (χ0) is 18.0. The van der Waals surface area contributed by atoms with Crippen LogP contribution in [0.15, 0.2) is 18.6 Å². The topological polar surface area (TPSA) is 83.5 Å². The SMILES string of the molecule is CC(CS(C)(=O)=O)N(C(=O)C1CCN(c2cnccn2)CC1)C1CC1. The number of nitrogens with zero attached hydrogens (tertiary/aromatic N) is 4. The second kappa shape index (κ2) is 7.27. The Kier molecular flexibility index (Phi) is 5.27. The average molecular weight is 366 g/mol. The van der Waals surface area contributed by atoms with E-state index in [0.717, 1.165) is 44.6 Å². The van der Waals surface area contributed by atoms with Gasteiger partial charge in [-0.05, 0) is 32.6 Å². The van der Waals surface area contributed by atoms with E-state index in [1.54, 1.807) is 18.6 Å². The van der Waals surface area contributed by atoms with Crippen molar-refractivity contribution in [3.8, 4) is 0 Å². The molecule has 138 valence electrons. The number of carbonyl (C=O) groups is 1. The molecule has 1 aliphatic heterocycles. The number of piperidine rings is 1. The minimum Gasteiger partial charge on any atom is -0.355 e. The van der Waals surface area contributed by atoms with Crippen LogP contribution in [-0.2, 0) is 14.6 Å². The van der Waals surface area contributed by atoms with Gasteiger partial charge in [0.1, 0.15) is 15.7 Å². The van der Waals surface area contributed by atoms with E-state index in [1.807, 2.05) is 11.8 Å². The maximum Gasteiger partial charge on any atom is 0.226 e. The molecule has 1 saturated carbocycles. The van der Waals surface area contributed by atoms with Gasteiger partial charge in [-0.15, -0.1) is 0 Å². The summed E-state index contributed by atoms with van der Waals surface area (Å²) in [5.41, 5.74) is 0. The summed E-state index contributed by atoms with van der Waals surface area (Å²) in [7, 11) is -3.10. The third-order valence-corrected chi connectivity index (χ3v) is 6.02. The highest BCUT2D eigenvalue weighted by Gasteiger charge is 2.40. The molecule has 1 amide bonds. The smallest absolute Gasteiger partial charge is 0.226 e. The van der Waals surface area contributed by atoms with Gasteiger partial charge in [-0.2, -0.15) is 0 Å². The van der Waals surface area contributed by atoms with Gasteiger partial charge in [-0.25, -0.2) is 13.4 Å². The zero-order valence-electron chi connectivity index (χ0n) is 14.8. The summed E-state index contributed by atoms with van der Waals surface area (Å²) in [4.78, 5) is 25.4. The predicted octanol–water partition coefficient (Wildman–Crippen LogP) is 1.12. The Morgan fingerprint density at radius 2 is 1.96 bits per heavy atom. The molecule has 1 aliphatic carbocycles. The normalized spacial score (nSPS) is 20.3. The number of carbonyl (C=O) groups excluding carboxylic acids is 1. The van der Waals surface area contributed by atoms with E-state index in [2.05, 4.69) is 14.9 Å². The number of hydrogen-bond acceptors (Lipinski definition) is 6. The van der Waals surface area contributed by atoms with Crippen molar-refractivity contribution < 1.29 is 13.2 Å². The van der Waals surface area contributed by atoms with Gasteiger partial charge in [-0.1, -0.05) is 0 Å². The van der Waals surface area contributed by atoms with E-state index in [1.165, 1.54) is 6.26 Å². The maximum absolute atomic E-state index is 13.0. The van der Waals surface area contributed by atoms with E-state index < -0.39 is 9.84 Å². The van der Waals surface area contributed by atoms with Gasteiger partial charge in [-0.3, -0.25) is 9.78 Å². The molecular formula is C17H26N4O3S. The number of anilines is 1. The second-order valence-corrected chi connectivity index (χ2v) is 9.43. The van der Waals surface area contributed by atoms with Gasteiger partial charge in [0.15, 0.2) is 0 Å². The van der Waals surface area contributed by atoms with E-state index in [-0.39, 0.29) is 29.7 Å². The summed E-state index contributed by atoms with van der Waals surface area (Å²) in [6.07, 6.45) is 9.81. The van der Waals surface area contributed by atoms with Gasteiger partial charge >= 0.3 is 0 Å². The molecule has 0 aromatic carbocycles. The Hall–Kier alpha value is -1.70. The summed E-state index contributed by atoms with van der Waals surface area (Å²) in [6.45, 7) is 3.40. The lowest BCUT2D eigenvalue weighted by Gasteiger charge is -2.37. The van der Waals surface area contributed by atoms with Crippen molar-refractivity contribution in [3.05, 3.63) is 18.6 Å². The van der Waals surface area contributed by atoms with Gasteiger partial charge in [0.2, 0.25) is 5.91 Å². The van der Waals surface area contributed by atoms with Crippen molar-refractivity contribution >= 4 is 21.6 Å². The van der Waals surface area contributed by atoms with Crippen LogP contribution < -0.4 is 4.90 Å². The predicted molar refractivity (Wildman–Crippen MR) is 96.0 cm³/mol. The van der Waals surface area contributed by atoms with E-state index in [0.29, 0.717) is 0 Å². The fourth-order valence-corrected chi connectivity index (χ4v) is 4.69. The number of hydrogen-bond donors (Lipinski definition) is 0. The quantitative estimate of drug-likeness (QED) is 0.750. The second-order valence-electron chi connectivity index (χ2n) is 7.24. The van der Waals surface area contributed by atoms with Gasteiger partial charge in [0.05, 0.1) is 11.9 Å². The maximum atomic E-state index is 13.0. The Labute approximate surface area is 149 Å². The highest BCUT2D eigenvalue weighted by molar-refractivity contribution is 7.90. The lowest BCUT2D eigenvalue weighted by molar-refractivity contribution is -0.138. The molecule has 2 heterocycles. The molecule has 1 unspecified atom stereocenters. The van der Waals surface area contributed by atoms with Crippen molar-refractivity contribution in [2.75, 3.05) is 30.0 Å². The van der Waals surface area contributed by atoms with Crippen LogP contribution in [0.2, 0.25) is 0 Å². The molecule has 1 aromatic rings. The molecule has 2 fully saturated rings. The minimum atomic E-state index is -3.10. The molecule has 0 spiro atoms. The first-order valence-corrected chi connectivity index (χ1v) is 10.9. The van der Waals surface area contributed by atoms with Crippen LogP contribution >= 0.6 is 0 Å². The average Bonchev–Trinajstić information content (AvgIpc) is 3.39. The fourth-order valence-electron chi connectivity index (χ4n) is 3.65. The van der Waals surface area contributed by atoms with Crippen LogP contribution in [0.1, 0.15) is 32.6 Å². The standard InChI is InChI=1S/C17H26N4O3S/c1-13(12-25(2,23)24)21(15-3-4-15)17(22)14-5-9-20(10-6-14)16-11-18-7-8-19-16/h7-8,11,13-15H,3-6,9-10,12H2,1-2H3. The molecule has 25 heavy (non-hydrogen) atoms.